The molecular weight excluding hydrogens is 286 g/mol. The summed E-state index contributed by atoms with van der Waals surface area (Å²) in [5.41, 5.74) is 0. The Bertz CT molecular complexity index is 732. The minimum Gasteiger partial charge on any atom is -0.304 e. The van der Waals surface area contributed by atoms with Crippen molar-refractivity contribution in [2.75, 3.05) is 33.2 Å². The van der Waals surface area contributed by atoms with Gasteiger partial charge in [0.15, 0.2) is 0 Å². The number of sulfonamides is 1. The third-order valence-corrected chi connectivity index (χ3v) is 5.23. The molecular formula is C15H19N3O2S. The molecule has 0 aromatic heterocycles. The lowest BCUT2D eigenvalue weighted by atomic mass is 10.1. The Morgan fingerprint density at radius 3 is 2.38 bits per heavy atom. The van der Waals surface area contributed by atoms with Gasteiger partial charge in [0, 0.05) is 31.6 Å². The van der Waals surface area contributed by atoms with E-state index in [1.807, 2.05) is 37.4 Å². The highest BCUT2D eigenvalue weighted by Gasteiger charge is 2.22. The zero-order chi connectivity index (χ0) is 14.9. The van der Waals surface area contributed by atoms with Crippen LogP contribution in [0.15, 0.2) is 47.4 Å². The highest BCUT2D eigenvalue weighted by atomic mass is 32.2. The van der Waals surface area contributed by atoms with Gasteiger partial charge in [0.05, 0.1) is 4.90 Å². The number of nitrogens with zero attached hydrogens (tertiary/aromatic N) is 2. The summed E-state index contributed by atoms with van der Waals surface area (Å²) in [4.78, 5) is 5.22. The number of hydrogen-bond donors (Lipinski definition) is 1. The fourth-order valence-corrected chi connectivity index (χ4v) is 3.90. The van der Waals surface area contributed by atoms with Gasteiger partial charge in [-0.15, -0.1) is 4.83 Å². The minimum absolute atomic E-state index is 0.333. The van der Waals surface area contributed by atoms with Gasteiger partial charge in [-0.1, -0.05) is 36.4 Å². The van der Waals surface area contributed by atoms with Gasteiger partial charge in [-0.05, 0) is 18.5 Å². The normalized spacial score (nSPS) is 18.1. The number of nitrogens with one attached hydrogen (secondary N) is 1. The van der Waals surface area contributed by atoms with Crippen LogP contribution in [0.2, 0.25) is 0 Å². The van der Waals surface area contributed by atoms with Gasteiger partial charge in [-0.2, -0.15) is 0 Å². The molecule has 0 amide bonds. The summed E-state index contributed by atoms with van der Waals surface area (Å²) < 4.78 is 25.3. The van der Waals surface area contributed by atoms with Crippen LogP contribution in [0.3, 0.4) is 0 Å². The molecule has 1 saturated heterocycles. The predicted octanol–water partition coefficient (Wildman–Crippen LogP) is 1.28. The minimum atomic E-state index is -3.55. The fraction of sp³-hybridized carbons (Fsp3) is 0.333. The van der Waals surface area contributed by atoms with Gasteiger partial charge in [-0.3, -0.25) is 0 Å². The van der Waals surface area contributed by atoms with Crippen molar-refractivity contribution in [3.8, 4) is 0 Å². The first kappa shape index (κ1) is 14.5. The van der Waals surface area contributed by atoms with Gasteiger partial charge in [0.1, 0.15) is 0 Å². The summed E-state index contributed by atoms with van der Waals surface area (Å²) >= 11 is 0. The van der Waals surface area contributed by atoms with E-state index in [0.29, 0.717) is 18.0 Å². The molecule has 1 fully saturated rings. The molecule has 2 aromatic carbocycles. The lowest BCUT2D eigenvalue weighted by molar-refractivity contribution is 0.135. The van der Waals surface area contributed by atoms with Crippen molar-refractivity contribution in [2.24, 2.45) is 0 Å². The van der Waals surface area contributed by atoms with Gasteiger partial charge in [-0.25, -0.2) is 13.4 Å². The van der Waals surface area contributed by atoms with E-state index in [2.05, 4.69) is 9.73 Å². The summed E-state index contributed by atoms with van der Waals surface area (Å²) in [7, 11) is -1.51. The van der Waals surface area contributed by atoms with E-state index in [9.17, 15) is 8.42 Å². The topological polar surface area (TPSA) is 52.6 Å². The highest BCUT2D eigenvalue weighted by molar-refractivity contribution is 7.89. The Morgan fingerprint density at radius 1 is 0.952 bits per heavy atom. The zero-order valence-corrected chi connectivity index (χ0v) is 12.8. The summed E-state index contributed by atoms with van der Waals surface area (Å²) in [5, 5.41) is 3.46. The van der Waals surface area contributed by atoms with Crippen molar-refractivity contribution in [1.29, 1.82) is 0 Å². The molecule has 3 rings (SSSR count). The number of fused-ring (bicyclic) bond motifs is 1. The third-order valence-electron chi connectivity index (χ3n) is 3.79. The maximum absolute atomic E-state index is 12.6. The summed E-state index contributed by atoms with van der Waals surface area (Å²) in [6.45, 7) is 3.11. The van der Waals surface area contributed by atoms with E-state index < -0.39 is 10.0 Å². The molecule has 0 spiro atoms. The third kappa shape index (κ3) is 3.08. The predicted molar refractivity (Wildman–Crippen MR) is 83.3 cm³/mol. The first-order valence-corrected chi connectivity index (χ1v) is 8.48. The molecule has 0 saturated carbocycles. The highest BCUT2D eigenvalue weighted by Crippen LogP contribution is 2.22. The zero-order valence-electron chi connectivity index (χ0n) is 12.0. The average molecular weight is 305 g/mol. The van der Waals surface area contributed by atoms with E-state index in [1.54, 1.807) is 17.1 Å². The van der Waals surface area contributed by atoms with E-state index in [4.69, 9.17) is 0 Å². The van der Waals surface area contributed by atoms with Crippen LogP contribution in [0.5, 0.6) is 0 Å². The molecule has 112 valence electrons. The van der Waals surface area contributed by atoms with E-state index in [-0.39, 0.29) is 0 Å². The SMILES string of the molecule is CN1CCN(NS(=O)(=O)c2cccc3ccccc23)CC1. The molecule has 2 aromatic rings. The first-order valence-electron chi connectivity index (χ1n) is 7.00. The molecule has 0 unspecified atom stereocenters. The number of rotatable bonds is 3. The Hall–Kier alpha value is -1.47. The van der Waals surface area contributed by atoms with Crippen LogP contribution in [0.4, 0.5) is 0 Å². The molecule has 0 bridgehead atoms. The van der Waals surface area contributed by atoms with Crippen molar-refractivity contribution in [3.63, 3.8) is 0 Å². The lowest BCUT2D eigenvalue weighted by Gasteiger charge is -2.32. The van der Waals surface area contributed by atoms with Gasteiger partial charge >= 0.3 is 0 Å². The lowest BCUT2D eigenvalue weighted by Crippen LogP contribution is -2.52. The molecule has 0 radical (unpaired) electrons. The molecule has 0 aliphatic carbocycles. The summed E-state index contributed by atoms with van der Waals surface area (Å²) in [5.74, 6) is 0. The Labute approximate surface area is 125 Å². The second-order valence-corrected chi connectivity index (χ2v) is 6.99. The Kier molecular flexibility index (Phi) is 3.95. The monoisotopic (exact) mass is 305 g/mol. The molecule has 1 heterocycles. The molecule has 5 nitrogen and oxygen atoms in total. The standard InChI is InChI=1S/C15H19N3O2S/c1-17-9-11-18(12-10-17)16-21(19,20)15-8-4-6-13-5-2-3-7-14(13)15/h2-8,16H,9-12H2,1H3. The van der Waals surface area contributed by atoms with Crippen LogP contribution in [0.1, 0.15) is 0 Å². The number of piperazine rings is 1. The van der Waals surface area contributed by atoms with Crippen LogP contribution in [-0.2, 0) is 10.0 Å². The van der Waals surface area contributed by atoms with Crippen LogP contribution >= 0.6 is 0 Å². The Morgan fingerprint density at radius 2 is 1.62 bits per heavy atom. The maximum atomic E-state index is 12.6. The van der Waals surface area contributed by atoms with Crippen LogP contribution in [-0.4, -0.2) is 51.6 Å². The molecule has 1 aliphatic heterocycles. The number of hydrogen-bond acceptors (Lipinski definition) is 4. The van der Waals surface area contributed by atoms with E-state index in [1.165, 1.54) is 0 Å². The molecule has 6 heteroatoms. The Balaban J connectivity index is 1.90. The van der Waals surface area contributed by atoms with E-state index in [0.717, 1.165) is 23.9 Å². The van der Waals surface area contributed by atoms with Crippen molar-refractivity contribution in [2.45, 2.75) is 4.90 Å². The first-order chi connectivity index (χ1) is 10.1. The van der Waals surface area contributed by atoms with Gasteiger partial charge in [0.25, 0.3) is 10.0 Å². The molecule has 21 heavy (non-hydrogen) atoms. The second-order valence-electron chi connectivity index (χ2n) is 5.36. The average Bonchev–Trinajstić information content (AvgIpc) is 2.49. The van der Waals surface area contributed by atoms with Crippen molar-refractivity contribution >= 4 is 20.8 Å². The quantitative estimate of drug-likeness (QED) is 0.928. The van der Waals surface area contributed by atoms with Crippen LogP contribution in [0, 0.1) is 0 Å². The second kappa shape index (κ2) is 5.73. The number of hydrazine groups is 1. The fourth-order valence-electron chi connectivity index (χ4n) is 2.55. The molecule has 1 aliphatic rings. The number of likely N-dealkylation sites (N-methyl/N-ethyl adjacent to an activating group) is 1. The van der Waals surface area contributed by atoms with Crippen molar-refractivity contribution < 1.29 is 8.42 Å². The summed E-state index contributed by atoms with van der Waals surface area (Å²) in [6, 6.07) is 12.9. The van der Waals surface area contributed by atoms with E-state index >= 15 is 0 Å². The van der Waals surface area contributed by atoms with Crippen molar-refractivity contribution in [3.05, 3.63) is 42.5 Å². The summed E-state index contributed by atoms with van der Waals surface area (Å²) in [6.07, 6.45) is 0. The molecule has 0 atom stereocenters. The largest absolute Gasteiger partial charge is 0.304 e. The van der Waals surface area contributed by atoms with Crippen LogP contribution < -0.4 is 4.83 Å². The maximum Gasteiger partial charge on any atom is 0.254 e. The number of benzene rings is 2. The van der Waals surface area contributed by atoms with Crippen molar-refractivity contribution in [1.82, 2.24) is 14.7 Å². The molecule has 1 N–H and O–H groups in total. The van der Waals surface area contributed by atoms with Crippen LogP contribution in [0.25, 0.3) is 10.8 Å². The van der Waals surface area contributed by atoms with Gasteiger partial charge < -0.3 is 4.90 Å². The van der Waals surface area contributed by atoms with Gasteiger partial charge in [0.2, 0.25) is 0 Å². The smallest absolute Gasteiger partial charge is 0.254 e.